The predicted octanol–water partition coefficient (Wildman–Crippen LogP) is 2.95. The van der Waals surface area contributed by atoms with Gasteiger partial charge in [0.2, 0.25) is 0 Å². The summed E-state index contributed by atoms with van der Waals surface area (Å²) in [7, 11) is 0. The van der Waals surface area contributed by atoms with Gasteiger partial charge < -0.3 is 0 Å². The fourth-order valence-corrected chi connectivity index (χ4v) is 3.05. The average Bonchev–Trinajstić information content (AvgIpc) is 2.62. The smallest absolute Gasteiger partial charge is 0.285 e. The Hall–Kier alpha value is -0.880. The number of nitrogens with one attached hydrogen (secondary N) is 1. The molecule has 1 aliphatic rings. The van der Waals surface area contributed by atoms with Gasteiger partial charge in [-0.1, -0.05) is 30.0 Å². The van der Waals surface area contributed by atoms with E-state index in [0.29, 0.717) is 11.6 Å². The van der Waals surface area contributed by atoms with Crippen LogP contribution >= 0.6 is 23.1 Å². The maximum absolute atomic E-state index is 11.6. The molecule has 0 radical (unpaired) electrons. The van der Waals surface area contributed by atoms with E-state index in [1.165, 1.54) is 23.1 Å². The van der Waals surface area contributed by atoms with Crippen molar-refractivity contribution in [3.05, 3.63) is 10.6 Å². The van der Waals surface area contributed by atoms with Crippen LogP contribution in [0.5, 0.6) is 0 Å². The zero-order valence-corrected chi connectivity index (χ0v) is 10.5. The highest BCUT2D eigenvalue weighted by atomic mass is 32.2. The molecule has 1 aromatic rings. The quantitative estimate of drug-likeness (QED) is 0.883. The van der Waals surface area contributed by atoms with Crippen molar-refractivity contribution in [2.45, 2.75) is 26.2 Å². The van der Waals surface area contributed by atoms with Gasteiger partial charge in [-0.3, -0.25) is 14.9 Å². The summed E-state index contributed by atoms with van der Waals surface area (Å²) in [6, 6.07) is 0. The van der Waals surface area contributed by atoms with Crippen LogP contribution in [0.2, 0.25) is 0 Å². The van der Waals surface area contributed by atoms with Crippen LogP contribution in [0.25, 0.3) is 0 Å². The van der Waals surface area contributed by atoms with Gasteiger partial charge in [-0.15, -0.1) is 0 Å². The van der Waals surface area contributed by atoms with Crippen LogP contribution in [-0.4, -0.2) is 21.8 Å². The molecular weight excluding hydrogens is 244 g/mol. The molecule has 0 aliphatic heterocycles. The third kappa shape index (κ3) is 2.44. The lowest BCUT2D eigenvalue weighted by atomic mass is 10.0. The monoisotopic (exact) mass is 256 g/mol. The van der Waals surface area contributed by atoms with Gasteiger partial charge in [-0.2, -0.15) is 0 Å². The fourth-order valence-electron chi connectivity index (χ4n) is 1.58. The first-order chi connectivity index (χ1) is 7.70. The minimum absolute atomic E-state index is 0.110. The number of anilines is 1. The minimum atomic E-state index is -0.110. The Bertz CT molecular complexity index is 428. The molecule has 1 aliphatic carbocycles. The van der Waals surface area contributed by atoms with Gasteiger partial charge in [0.05, 0.1) is 10.6 Å². The van der Waals surface area contributed by atoms with Gasteiger partial charge in [0.25, 0.3) is 5.24 Å². The van der Waals surface area contributed by atoms with Crippen LogP contribution in [-0.2, 0) is 6.42 Å². The summed E-state index contributed by atoms with van der Waals surface area (Å²) < 4.78 is 0. The van der Waals surface area contributed by atoms with Crippen LogP contribution in [0.4, 0.5) is 9.93 Å². The molecule has 0 saturated carbocycles. The van der Waals surface area contributed by atoms with Crippen molar-refractivity contribution in [3.63, 3.8) is 0 Å². The van der Waals surface area contributed by atoms with Crippen molar-refractivity contribution in [2.75, 3.05) is 11.1 Å². The van der Waals surface area contributed by atoms with E-state index < -0.39 is 0 Å². The highest BCUT2D eigenvalue weighted by Gasteiger charge is 2.22. The summed E-state index contributed by atoms with van der Waals surface area (Å²) in [4.78, 5) is 27.9. The Balaban J connectivity index is 2.12. The van der Waals surface area contributed by atoms with E-state index in [9.17, 15) is 9.59 Å². The summed E-state index contributed by atoms with van der Waals surface area (Å²) in [5.74, 6) is 0.887. The van der Waals surface area contributed by atoms with Crippen LogP contribution in [0.1, 0.15) is 35.1 Å². The van der Waals surface area contributed by atoms with Crippen molar-refractivity contribution in [1.29, 1.82) is 0 Å². The number of hydrogen-bond acceptors (Lipinski definition) is 5. The largest absolute Gasteiger partial charge is 0.293 e. The lowest BCUT2D eigenvalue weighted by Gasteiger charge is -2.05. The summed E-state index contributed by atoms with van der Waals surface area (Å²) >= 11 is 2.50. The Labute approximate surface area is 102 Å². The number of ketones is 1. The first kappa shape index (κ1) is 11.6. The van der Waals surface area contributed by atoms with Crippen LogP contribution < -0.4 is 5.32 Å². The number of nitrogens with zero attached hydrogens (tertiary/aromatic N) is 1. The standard InChI is InChI=1S/C10H12N2O2S2/c1-2-15-10(14)12-9-11-6-4-3-5-7(13)8(6)16-9/h2-5H2,1H3,(H,11,12,14). The number of amides is 1. The number of thioether (sulfide) groups is 1. The summed E-state index contributed by atoms with van der Waals surface area (Å²) in [6.45, 7) is 1.92. The SMILES string of the molecule is CCSC(=O)Nc1nc2c(s1)C(=O)CCC2. The van der Waals surface area contributed by atoms with Crippen molar-refractivity contribution in [2.24, 2.45) is 0 Å². The predicted molar refractivity (Wildman–Crippen MR) is 66.5 cm³/mol. The first-order valence-corrected chi connectivity index (χ1v) is 6.97. The molecule has 1 heterocycles. The molecule has 2 rings (SSSR count). The third-order valence-electron chi connectivity index (χ3n) is 2.25. The van der Waals surface area contributed by atoms with Gasteiger partial charge in [-0.05, 0) is 18.6 Å². The van der Waals surface area contributed by atoms with Crippen LogP contribution in [0.15, 0.2) is 0 Å². The number of aryl methyl sites for hydroxylation is 1. The number of carbonyl (C=O) groups excluding carboxylic acids is 2. The van der Waals surface area contributed by atoms with E-state index in [-0.39, 0.29) is 11.0 Å². The van der Waals surface area contributed by atoms with Crippen molar-refractivity contribution in [1.82, 2.24) is 4.98 Å². The number of Topliss-reactive ketones (excluding diaryl/α,β-unsaturated/α-hetero) is 1. The number of hydrogen-bond donors (Lipinski definition) is 1. The molecular formula is C10H12N2O2S2. The molecule has 0 unspecified atom stereocenters. The van der Waals surface area contributed by atoms with Gasteiger partial charge in [-0.25, -0.2) is 4.98 Å². The molecule has 0 aromatic carbocycles. The summed E-state index contributed by atoms with van der Waals surface area (Å²) in [6.07, 6.45) is 2.31. The lowest BCUT2D eigenvalue weighted by molar-refractivity contribution is 0.0976. The van der Waals surface area contributed by atoms with Crippen molar-refractivity contribution < 1.29 is 9.59 Å². The third-order valence-corrected chi connectivity index (χ3v) is 3.96. The van der Waals surface area contributed by atoms with E-state index in [2.05, 4.69) is 10.3 Å². The Morgan fingerprint density at radius 2 is 2.38 bits per heavy atom. The second-order valence-electron chi connectivity index (χ2n) is 3.42. The Kier molecular flexibility index (Phi) is 3.60. The van der Waals surface area contributed by atoms with E-state index in [0.717, 1.165) is 29.2 Å². The number of fused-ring (bicyclic) bond motifs is 1. The fraction of sp³-hybridized carbons (Fsp3) is 0.500. The van der Waals surface area contributed by atoms with Gasteiger partial charge in [0, 0.05) is 6.42 Å². The molecule has 0 atom stereocenters. The van der Waals surface area contributed by atoms with Crippen LogP contribution in [0, 0.1) is 0 Å². The van der Waals surface area contributed by atoms with E-state index in [4.69, 9.17) is 0 Å². The molecule has 6 heteroatoms. The molecule has 0 bridgehead atoms. The zero-order valence-electron chi connectivity index (χ0n) is 8.91. The maximum atomic E-state index is 11.6. The highest BCUT2D eigenvalue weighted by Crippen LogP contribution is 2.29. The summed E-state index contributed by atoms with van der Waals surface area (Å²) in [5.41, 5.74) is 0.845. The van der Waals surface area contributed by atoms with E-state index in [1.807, 2.05) is 6.92 Å². The number of carbonyl (C=O) groups is 2. The van der Waals surface area contributed by atoms with Crippen LogP contribution in [0.3, 0.4) is 0 Å². The molecule has 16 heavy (non-hydrogen) atoms. The van der Waals surface area contributed by atoms with Crippen molar-refractivity contribution in [3.8, 4) is 0 Å². The van der Waals surface area contributed by atoms with E-state index in [1.54, 1.807) is 0 Å². The normalized spacial score (nSPS) is 14.7. The topological polar surface area (TPSA) is 59.1 Å². The lowest BCUT2D eigenvalue weighted by Crippen LogP contribution is -2.08. The second kappa shape index (κ2) is 4.97. The molecule has 0 saturated heterocycles. The van der Waals surface area contributed by atoms with Gasteiger partial charge >= 0.3 is 0 Å². The first-order valence-electron chi connectivity index (χ1n) is 5.17. The molecule has 1 aromatic heterocycles. The minimum Gasteiger partial charge on any atom is -0.293 e. The molecule has 1 N–H and O–H groups in total. The molecule has 0 fully saturated rings. The molecule has 86 valence electrons. The second-order valence-corrected chi connectivity index (χ2v) is 5.65. The number of aromatic nitrogens is 1. The number of thiazole rings is 1. The Morgan fingerprint density at radius 1 is 1.56 bits per heavy atom. The maximum Gasteiger partial charge on any atom is 0.285 e. The van der Waals surface area contributed by atoms with Crippen molar-refractivity contribution >= 4 is 39.3 Å². The molecule has 0 spiro atoms. The number of rotatable bonds is 2. The van der Waals surface area contributed by atoms with Gasteiger partial charge in [0.15, 0.2) is 10.9 Å². The summed E-state index contributed by atoms with van der Waals surface area (Å²) in [5, 5.41) is 3.14. The Morgan fingerprint density at radius 3 is 3.06 bits per heavy atom. The van der Waals surface area contributed by atoms with Gasteiger partial charge in [0.1, 0.15) is 0 Å². The molecule has 1 amide bonds. The zero-order chi connectivity index (χ0) is 11.5. The molecule has 4 nitrogen and oxygen atoms in total. The van der Waals surface area contributed by atoms with E-state index >= 15 is 0 Å². The highest BCUT2D eigenvalue weighted by molar-refractivity contribution is 8.13. The average molecular weight is 256 g/mol.